The van der Waals surface area contributed by atoms with Crippen molar-refractivity contribution in [2.24, 2.45) is 0 Å². The summed E-state index contributed by atoms with van der Waals surface area (Å²) in [5.74, 6) is -1.59. The Labute approximate surface area is 117 Å². The van der Waals surface area contributed by atoms with E-state index in [1.807, 2.05) is 0 Å². The summed E-state index contributed by atoms with van der Waals surface area (Å²) in [5, 5.41) is 11.8. The topological polar surface area (TPSA) is 98.3 Å². The molecule has 0 aliphatic carbocycles. The second kappa shape index (κ2) is 6.51. The summed E-state index contributed by atoms with van der Waals surface area (Å²) in [6.07, 6.45) is 4.13. The zero-order valence-electron chi connectivity index (χ0n) is 11.6. The van der Waals surface area contributed by atoms with Crippen LogP contribution in [0.25, 0.3) is 0 Å². The molecule has 110 valence electrons. The van der Waals surface area contributed by atoms with E-state index in [1.165, 1.54) is 6.33 Å². The summed E-state index contributed by atoms with van der Waals surface area (Å²) < 4.78 is 0. The molecule has 1 saturated heterocycles. The largest absolute Gasteiger partial charge is 0.477 e. The molecule has 7 heteroatoms. The Bertz CT molecular complexity index is 478. The van der Waals surface area contributed by atoms with E-state index in [0.717, 1.165) is 38.9 Å². The third-order valence-corrected chi connectivity index (χ3v) is 3.53. The first-order valence-corrected chi connectivity index (χ1v) is 6.91. The highest BCUT2D eigenvalue weighted by Gasteiger charge is 2.24. The van der Waals surface area contributed by atoms with E-state index < -0.39 is 11.9 Å². The second-order valence-electron chi connectivity index (χ2n) is 5.02. The van der Waals surface area contributed by atoms with E-state index in [0.29, 0.717) is 0 Å². The first kappa shape index (κ1) is 14.5. The molecule has 0 radical (unpaired) electrons. The van der Waals surface area contributed by atoms with Crippen LogP contribution < -0.4 is 5.32 Å². The lowest BCUT2D eigenvalue weighted by atomic mass is 10.0. The van der Waals surface area contributed by atoms with Crippen molar-refractivity contribution in [2.45, 2.75) is 32.2 Å². The summed E-state index contributed by atoms with van der Waals surface area (Å²) >= 11 is 0. The zero-order valence-corrected chi connectivity index (χ0v) is 11.6. The van der Waals surface area contributed by atoms with Gasteiger partial charge in [0, 0.05) is 19.1 Å². The molecule has 1 amide bonds. The fourth-order valence-electron chi connectivity index (χ4n) is 2.50. The smallest absolute Gasteiger partial charge is 0.354 e. The Balaban J connectivity index is 1.89. The zero-order chi connectivity index (χ0) is 14.5. The highest BCUT2D eigenvalue weighted by atomic mass is 16.4. The number of aromatic amines is 1. The Morgan fingerprint density at radius 3 is 2.80 bits per heavy atom. The van der Waals surface area contributed by atoms with Gasteiger partial charge in [-0.2, -0.15) is 0 Å². The van der Waals surface area contributed by atoms with Gasteiger partial charge in [-0.3, -0.25) is 4.79 Å². The third kappa shape index (κ3) is 3.36. The quantitative estimate of drug-likeness (QED) is 0.738. The van der Waals surface area contributed by atoms with Gasteiger partial charge in [0.05, 0.1) is 6.33 Å². The van der Waals surface area contributed by atoms with E-state index in [4.69, 9.17) is 5.11 Å². The Morgan fingerprint density at radius 2 is 2.20 bits per heavy atom. The molecule has 0 spiro atoms. The maximum Gasteiger partial charge on any atom is 0.354 e. The van der Waals surface area contributed by atoms with Crippen LogP contribution in [0.1, 0.15) is 47.2 Å². The van der Waals surface area contributed by atoms with Gasteiger partial charge in [-0.15, -0.1) is 0 Å². The van der Waals surface area contributed by atoms with E-state index in [2.05, 4.69) is 27.1 Å². The van der Waals surface area contributed by atoms with Crippen molar-refractivity contribution in [1.82, 2.24) is 20.2 Å². The lowest BCUT2D eigenvalue weighted by Gasteiger charge is -2.31. The van der Waals surface area contributed by atoms with Crippen molar-refractivity contribution in [3.63, 3.8) is 0 Å². The third-order valence-electron chi connectivity index (χ3n) is 3.53. The predicted molar refractivity (Wildman–Crippen MR) is 72.8 cm³/mol. The monoisotopic (exact) mass is 280 g/mol. The van der Waals surface area contributed by atoms with Crippen molar-refractivity contribution in [3.8, 4) is 0 Å². The number of hydrogen-bond donors (Lipinski definition) is 3. The molecule has 0 unspecified atom stereocenters. The van der Waals surface area contributed by atoms with Gasteiger partial charge in [0.2, 0.25) is 0 Å². The number of amides is 1. The average Bonchev–Trinajstić information content (AvgIpc) is 2.91. The number of nitrogens with zero attached hydrogens (tertiary/aromatic N) is 2. The number of imidazole rings is 1. The summed E-state index contributed by atoms with van der Waals surface area (Å²) in [5.41, 5.74) is -0.209. The molecule has 1 aromatic heterocycles. The lowest BCUT2D eigenvalue weighted by molar-refractivity contribution is 0.0683. The van der Waals surface area contributed by atoms with Crippen molar-refractivity contribution < 1.29 is 14.7 Å². The van der Waals surface area contributed by atoms with Gasteiger partial charge < -0.3 is 20.3 Å². The maximum atomic E-state index is 12.0. The van der Waals surface area contributed by atoms with Crippen LogP contribution in [-0.2, 0) is 0 Å². The van der Waals surface area contributed by atoms with Crippen molar-refractivity contribution >= 4 is 11.9 Å². The molecule has 1 aliphatic rings. The lowest BCUT2D eigenvalue weighted by Crippen LogP contribution is -2.45. The predicted octanol–water partition coefficient (Wildman–Crippen LogP) is 0.712. The minimum Gasteiger partial charge on any atom is -0.477 e. The average molecular weight is 280 g/mol. The molecule has 1 aromatic rings. The molecule has 20 heavy (non-hydrogen) atoms. The van der Waals surface area contributed by atoms with Crippen LogP contribution in [0.5, 0.6) is 0 Å². The normalized spacial score (nSPS) is 17.1. The summed E-state index contributed by atoms with van der Waals surface area (Å²) in [7, 11) is 0. The van der Waals surface area contributed by atoms with Crippen LogP contribution in [0.4, 0.5) is 0 Å². The fourth-order valence-corrected chi connectivity index (χ4v) is 2.50. The van der Waals surface area contributed by atoms with Crippen LogP contribution in [0.15, 0.2) is 6.33 Å². The molecule has 0 saturated carbocycles. The van der Waals surface area contributed by atoms with Crippen LogP contribution in [0.3, 0.4) is 0 Å². The van der Waals surface area contributed by atoms with Gasteiger partial charge in [-0.05, 0) is 25.8 Å². The summed E-state index contributed by atoms with van der Waals surface area (Å²) in [6, 6.07) is 0.0916. The Hall–Kier alpha value is -1.89. The highest BCUT2D eigenvalue weighted by molar-refractivity contribution is 6.02. The highest BCUT2D eigenvalue weighted by Crippen LogP contribution is 2.12. The van der Waals surface area contributed by atoms with Crippen molar-refractivity contribution in [2.75, 3.05) is 19.6 Å². The number of carbonyl (C=O) groups is 2. The number of carbonyl (C=O) groups excluding carboxylic acids is 1. The van der Waals surface area contributed by atoms with E-state index in [9.17, 15) is 9.59 Å². The molecule has 0 aromatic carbocycles. The second-order valence-corrected chi connectivity index (χ2v) is 5.02. The van der Waals surface area contributed by atoms with Crippen LogP contribution >= 0.6 is 0 Å². The number of hydrogen-bond acceptors (Lipinski definition) is 4. The molecule has 2 rings (SSSR count). The molecule has 7 nitrogen and oxygen atoms in total. The number of H-pyrrole nitrogens is 1. The molecule has 3 N–H and O–H groups in total. The number of carboxylic acid groups (broad SMARTS) is 1. The summed E-state index contributed by atoms with van der Waals surface area (Å²) in [4.78, 5) is 31.6. The van der Waals surface area contributed by atoms with Crippen LogP contribution in [0, 0.1) is 0 Å². The number of aromatic nitrogens is 2. The number of piperidine rings is 1. The first-order chi connectivity index (χ1) is 9.61. The standard InChI is InChI=1S/C13H20N4O3/c1-2-5-17-6-3-9(4-7-17)16-12(18)10-11(13(19)20)15-8-14-10/h8-9H,2-7H2,1H3,(H,14,15)(H,16,18)(H,19,20). The number of rotatable bonds is 5. The molecule has 0 atom stereocenters. The van der Waals surface area contributed by atoms with E-state index >= 15 is 0 Å². The fraction of sp³-hybridized carbons (Fsp3) is 0.615. The molecular weight excluding hydrogens is 260 g/mol. The SMILES string of the molecule is CCCN1CCC(NC(=O)c2nc[nH]c2C(=O)O)CC1. The van der Waals surface area contributed by atoms with Crippen LogP contribution in [0.2, 0.25) is 0 Å². The van der Waals surface area contributed by atoms with Gasteiger partial charge >= 0.3 is 5.97 Å². The molecule has 0 bridgehead atoms. The number of carboxylic acids is 1. The van der Waals surface area contributed by atoms with Gasteiger partial charge in [0.25, 0.3) is 5.91 Å². The van der Waals surface area contributed by atoms with Crippen LogP contribution in [-0.4, -0.2) is 57.5 Å². The molecular formula is C13H20N4O3. The maximum absolute atomic E-state index is 12.0. The van der Waals surface area contributed by atoms with Gasteiger partial charge in [-0.25, -0.2) is 9.78 Å². The minimum absolute atomic E-state index is 0.0477. The van der Waals surface area contributed by atoms with Gasteiger partial charge in [0.15, 0.2) is 11.4 Å². The van der Waals surface area contributed by atoms with Crippen molar-refractivity contribution in [1.29, 1.82) is 0 Å². The van der Waals surface area contributed by atoms with Crippen molar-refractivity contribution in [3.05, 3.63) is 17.7 Å². The number of aromatic carboxylic acids is 1. The molecule has 1 aliphatic heterocycles. The minimum atomic E-state index is -1.18. The van der Waals surface area contributed by atoms with Gasteiger partial charge in [0.1, 0.15) is 0 Å². The first-order valence-electron chi connectivity index (χ1n) is 6.91. The number of nitrogens with one attached hydrogen (secondary N) is 2. The number of likely N-dealkylation sites (tertiary alicyclic amines) is 1. The van der Waals surface area contributed by atoms with E-state index in [-0.39, 0.29) is 17.4 Å². The summed E-state index contributed by atoms with van der Waals surface area (Å²) in [6.45, 7) is 5.17. The van der Waals surface area contributed by atoms with E-state index in [1.54, 1.807) is 0 Å². The van der Waals surface area contributed by atoms with Gasteiger partial charge in [-0.1, -0.05) is 6.92 Å². The Morgan fingerprint density at radius 1 is 1.50 bits per heavy atom. The Kier molecular flexibility index (Phi) is 4.73. The molecule has 2 heterocycles. The molecule has 1 fully saturated rings.